The maximum Gasteiger partial charge on any atom is 0.472 e. The highest BCUT2D eigenvalue weighted by Gasteiger charge is 2.26. The Morgan fingerprint density at radius 2 is 1.11 bits per heavy atom. The van der Waals surface area contributed by atoms with Crippen molar-refractivity contribution in [2.75, 3.05) is 47.5 Å². The number of quaternary nitrogens is 1. The Morgan fingerprint density at radius 1 is 0.660 bits per heavy atom. The summed E-state index contributed by atoms with van der Waals surface area (Å²) in [6, 6.07) is 0. The van der Waals surface area contributed by atoms with E-state index in [4.69, 9.17) is 18.5 Å². The molecule has 0 aromatic carbocycles. The quantitative estimate of drug-likeness (QED) is 0.0230. The van der Waals surface area contributed by atoms with Gasteiger partial charge in [0.2, 0.25) is 0 Å². The van der Waals surface area contributed by atoms with Gasteiger partial charge in [0.15, 0.2) is 6.10 Å². The molecule has 0 heterocycles. The minimum atomic E-state index is -4.27. The van der Waals surface area contributed by atoms with Crippen LogP contribution in [0.4, 0.5) is 0 Å². The number of likely N-dealkylation sites (N-methyl/N-ethyl adjacent to an activating group) is 1. The molecular weight excluding hydrogens is 613 g/mol. The number of esters is 1. The highest BCUT2D eigenvalue weighted by Crippen LogP contribution is 2.43. The van der Waals surface area contributed by atoms with E-state index in [1.165, 1.54) is 122 Å². The number of phosphoric acid groups is 1. The Morgan fingerprint density at radius 3 is 1.57 bits per heavy atom. The fourth-order valence-corrected chi connectivity index (χ4v) is 6.08. The number of allylic oxidation sites excluding steroid dienone is 1. The summed E-state index contributed by atoms with van der Waals surface area (Å²) in [5, 5.41) is 0. The van der Waals surface area contributed by atoms with Crippen LogP contribution in [0.15, 0.2) is 12.3 Å². The second kappa shape index (κ2) is 32.3. The molecule has 0 aromatic rings. The molecule has 1 N–H and O–H groups in total. The first-order valence-corrected chi connectivity index (χ1v) is 21.0. The van der Waals surface area contributed by atoms with Crippen molar-refractivity contribution in [3.8, 4) is 0 Å². The van der Waals surface area contributed by atoms with Crippen LogP contribution in [0, 0.1) is 0 Å². The molecule has 0 aliphatic rings. The number of carbonyl (C=O) groups excluding carboxylic acids is 1. The average molecular weight is 691 g/mol. The number of ether oxygens (including phenoxy) is 2. The summed E-state index contributed by atoms with van der Waals surface area (Å²) < 4.78 is 34.5. The van der Waals surface area contributed by atoms with Crippen LogP contribution in [0.2, 0.25) is 0 Å². The normalized spacial score (nSPS) is 14.0. The van der Waals surface area contributed by atoms with Gasteiger partial charge < -0.3 is 18.9 Å². The van der Waals surface area contributed by atoms with Crippen molar-refractivity contribution < 1.29 is 37.3 Å². The Hall–Kier alpha value is -0.920. The molecule has 47 heavy (non-hydrogen) atoms. The lowest BCUT2D eigenvalue weighted by molar-refractivity contribution is -0.870. The summed E-state index contributed by atoms with van der Waals surface area (Å²) >= 11 is 0. The highest BCUT2D eigenvalue weighted by atomic mass is 31.2. The number of hydrogen-bond donors (Lipinski definition) is 1. The molecule has 0 bridgehead atoms. The smallest absolute Gasteiger partial charge is 0.472 e. The van der Waals surface area contributed by atoms with E-state index >= 15 is 0 Å². The van der Waals surface area contributed by atoms with Gasteiger partial charge in [-0.15, -0.1) is 0 Å². The van der Waals surface area contributed by atoms with Crippen LogP contribution in [0.25, 0.3) is 0 Å². The SMILES string of the molecule is CCCCCCCCCCCCCCCC/C=C/OC[C@@H](COP(=O)(O)OCC[N+](C)(C)C)OC(=O)CCCCCCCCCCC. The minimum absolute atomic E-state index is 0.0532. The fourth-order valence-electron chi connectivity index (χ4n) is 5.34. The zero-order valence-electron chi connectivity index (χ0n) is 31.5. The van der Waals surface area contributed by atoms with Crippen LogP contribution < -0.4 is 0 Å². The van der Waals surface area contributed by atoms with E-state index in [9.17, 15) is 14.3 Å². The maximum atomic E-state index is 12.5. The summed E-state index contributed by atoms with van der Waals surface area (Å²) in [6.45, 7) is 4.92. The number of nitrogens with zero attached hydrogens (tertiary/aromatic N) is 1. The van der Waals surface area contributed by atoms with E-state index in [1.807, 2.05) is 27.2 Å². The van der Waals surface area contributed by atoms with Crippen LogP contribution in [0.1, 0.15) is 174 Å². The average Bonchev–Trinajstić information content (AvgIpc) is 3.01. The first-order chi connectivity index (χ1) is 22.6. The van der Waals surface area contributed by atoms with Gasteiger partial charge in [0.05, 0.1) is 34.0 Å². The van der Waals surface area contributed by atoms with E-state index < -0.39 is 13.9 Å². The summed E-state index contributed by atoms with van der Waals surface area (Å²) in [5.74, 6) is -0.338. The van der Waals surface area contributed by atoms with Crippen molar-refractivity contribution in [3.63, 3.8) is 0 Å². The van der Waals surface area contributed by atoms with E-state index in [0.717, 1.165) is 32.1 Å². The molecule has 0 rings (SSSR count). The van der Waals surface area contributed by atoms with Gasteiger partial charge in [-0.3, -0.25) is 13.8 Å². The molecule has 0 aromatic heterocycles. The van der Waals surface area contributed by atoms with Gasteiger partial charge in [-0.1, -0.05) is 149 Å². The van der Waals surface area contributed by atoms with Crippen LogP contribution >= 0.6 is 7.82 Å². The molecule has 0 saturated carbocycles. The van der Waals surface area contributed by atoms with Crippen molar-refractivity contribution in [3.05, 3.63) is 12.3 Å². The predicted octanol–water partition coefficient (Wildman–Crippen LogP) is 11.1. The number of phosphoric ester groups is 1. The lowest BCUT2D eigenvalue weighted by Gasteiger charge is -2.24. The Balaban J connectivity index is 4.28. The van der Waals surface area contributed by atoms with E-state index in [2.05, 4.69) is 13.8 Å². The molecule has 0 fully saturated rings. The van der Waals surface area contributed by atoms with Crippen LogP contribution in [0.5, 0.6) is 0 Å². The first kappa shape index (κ1) is 46.1. The number of carbonyl (C=O) groups is 1. The molecule has 0 saturated heterocycles. The third-order valence-corrected chi connectivity index (χ3v) is 9.41. The van der Waals surface area contributed by atoms with Crippen molar-refractivity contribution >= 4 is 13.8 Å². The molecule has 0 aliphatic heterocycles. The van der Waals surface area contributed by atoms with Crippen LogP contribution in [0.3, 0.4) is 0 Å². The predicted molar refractivity (Wildman–Crippen MR) is 196 cm³/mol. The highest BCUT2D eigenvalue weighted by molar-refractivity contribution is 7.47. The number of rotatable bonds is 36. The lowest BCUT2D eigenvalue weighted by Crippen LogP contribution is -2.37. The molecule has 280 valence electrons. The summed E-state index contributed by atoms with van der Waals surface area (Å²) in [6.07, 6.45) is 33.4. The summed E-state index contributed by atoms with van der Waals surface area (Å²) in [5.41, 5.74) is 0. The van der Waals surface area contributed by atoms with Gasteiger partial charge in [-0.05, 0) is 25.3 Å². The summed E-state index contributed by atoms with van der Waals surface area (Å²) in [4.78, 5) is 22.7. The van der Waals surface area contributed by atoms with Crippen molar-refractivity contribution in [2.45, 2.75) is 180 Å². The molecule has 0 amide bonds. The molecule has 2 atom stereocenters. The second-order valence-electron chi connectivity index (χ2n) is 14.4. The molecule has 0 spiro atoms. The third kappa shape index (κ3) is 36.2. The summed E-state index contributed by atoms with van der Waals surface area (Å²) in [7, 11) is 1.64. The van der Waals surface area contributed by atoms with Crippen LogP contribution in [-0.2, 0) is 27.9 Å². The van der Waals surface area contributed by atoms with Crippen LogP contribution in [-0.4, -0.2) is 69.0 Å². The van der Waals surface area contributed by atoms with E-state index in [-0.39, 0.29) is 25.8 Å². The first-order valence-electron chi connectivity index (χ1n) is 19.5. The minimum Gasteiger partial charge on any atom is -0.498 e. The topological polar surface area (TPSA) is 91.3 Å². The molecule has 1 unspecified atom stereocenters. The van der Waals surface area contributed by atoms with Crippen molar-refractivity contribution in [2.24, 2.45) is 0 Å². The van der Waals surface area contributed by atoms with Crippen molar-refractivity contribution in [1.29, 1.82) is 0 Å². The van der Waals surface area contributed by atoms with Gasteiger partial charge >= 0.3 is 13.8 Å². The van der Waals surface area contributed by atoms with Gasteiger partial charge in [0, 0.05) is 6.42 Å². The Labute approximate surface area is 290 Å². The number of hydrogen-bond acceptors (Lipinski definition) is 6. The number of unbranched alkanes of at least 4 members (excludes halogenated alkanes) is 22. The van der Waals surface area contributed by atoms with E-state index in [0.29, 0.717) is 17.4 Å². The van der Waals surface area contributed by atoms with Gasteiger partial charge in [-0.25, -0.2) is 4.57 Å². The Kier molecular flexibility index (Phi) is 31.7. The molecule has 8 nitrogen and oxygen atoms in total. The monoisotopic (exact) mass is 691 g/mol. The standard InChI is InChI=1S/C38H76NO7P/c1-6-8-10-12-14-16-17-18-19-20-21-22-24-26-28-30-33-43-35-37(36-45-47(41,42)44-34-32-39(3,4)5)46-38(40)31-29-27-25-23-15-13-11-9-7-2/h30,33,37H,6-29,31-32,34-36H2,1-5H3/p+1/b33-30+/t37-/m0/s1. The molecular formula is C38H77NO7P+. The van der Waals surface area contributed by atoms with Gasteiger partial charge in [-0.2, -0.15) is 0 Å². The largest absolute Gasteiger partial charge is 0.498 e. The lowest BCUT2D eigenvalue weighted by atomic mass is 10.0. The fraction of sp³-hybridized carbons (Fsp3) is 0.921. The van der Waals surface area contributed by atoms with E-state index in [1.54, 1.807) is 6.26 Å². The third-order valence-electron chi connectivity index (χ3n) is 8.42. The van der Waals surface area contributed by atoms with Gasteiger partial charge in [0.1, 0.15) is 19.8 Å². The molecule has 9 heteroatoms. The van der Waals surface area contributed by atoms with Crippen molar-refractivity contribution in [1.82, 2.24) is 0 Å². The maximum absolute atomic E-state index is 12.5. The second-order valence-corrected chi connectivity index (χ2v) is 15.8. The zero-order valence-corrected chi connectivity index (χ0v) is 32.4. The zero-order chi connectivity index (χ0) is 34.9. The molecule has 0 aliphatic carbocycles. The molecule has 0 radical (unpaired) electrons. The van der Waals surface area contributed by atoms with Gasteiger partial charge in [0.25, 0.3) is 0 Å². The Bertz CT molecular complexity index is 772.